The summed E-state index contributed by atoms with van der Waals surface area (Å²) in [5, 5.41) is 13.2. The fourth-order valence-electron chi connectivity index (χ4n) is 7.34. The Morgan fingerprint density at radius 3 is 1.95 bits per heavy atom. The van der Waals surface area contributed by atoms with Crippen molar-refractivity contribution < 1.29 is 72.8 Å². The molecule has 2 heterocycles. The smallest absolute Gasteiger partial charge is 0.148 e. The molecule has 0 bridgehead atoms. The molecule has 0 unspecified atom stereocenters. The molecule has 0 spiro atoms. The van der Waals surface area contributed by atoms with E-state index in [-0.39, 0.29) is 88.5 Å². The summed E-state index contributed by atoms with van der Waals surface area (Å²) in [6, 6.07) is 21.3. The van der Waals surface area contributed by atoms with Gasteiger partial charge in [-0.15, -0.1) is 29.3 Å². The first kappa shape index (κ1) is 19.9. The second-order valence-electron chi connectivity index (χ2n) is 16.3. The summed E-state index contributed by atoms with van der Waals surface area (Å²) < 4.78 is 296. The first-order valence-corrected chi connectivity index (χ1v) is 19.5. The predicted octanol–water partition coefficient (Wildman–Crippen LogP) is 15.8. The Hall–Kier alpha value is -5.57. The number of benzene rings is 6. The number of hydrogen-bond acceptors (Lipinski definition) is 3. The number of phenolic OH excluding ortho intramolecular Hbond substituents is 1. The van der Waals surface area contributed by atoms with Crippen molar-refractivity contribution in [3.8, 4) is 67.5 Å². The first-order chi connectivity index (χ1) is 43.7. The number of phenols is 1. The maximum Gasteiger partial charge on any atom is 0.148 e. The van der Waals surface area contributed by atoms with Gasteiger partial charge in [0.05, 0.1) is 27.8 Å². The molecule has 4 nitrogen and oxygen atoms in total. The summed E-state index contributed by atoms with van der Waals surface area (Å²) in [6.07, 6.45) is 1.28. The summed E-state index contributed by atoms with van der Waals surface area (Å²) in [7, 11) is 0. The number of aromatic nitrogens is 3. The molecule has 0 radical (unpaired) electrons. The topological polar surface area (TPSA) is 50.9 Å². The molecule has 330 valence electrons. The summed E-state index contributed by atoms with van der Waals surface area (Å²) in [4.78, 5) is 9.54. The minimum Gasteiger partial charge on any atom is -0.507 e. The average Bonchev–Trinajstić information content (AvgIpc) is 0.823. The SMILES string of the molecule is [2H]c1c([2H])c(C([2H])([2H])[2H])c([2H])c([2H])c1-c1ccnc(-c2[c-]c(-c3cccc4c3nc(-c3cc(C(C([2H])([2H])[2H])(C([2H])([2H])[2H])C([2H])([2H])[2H])cc(C(C([2H])([2H])[2H])(C([2H])([2H])[2H])C([2H])([2H])[2H])c3O)n4-c3ccc(C(C([2H])([2H])[2H])(C([2H])([2H])[2H])C([2H])([2H])[2H])cc3-c3ccccc3)cc(C(C)(C)C)c2)c1.[Pt]. The zero-order chi connectivity index (χ0) is 73.7. The van der Waals surface area contributed by atoms with E-state index in [1.165, 1.54) is 66.9 Å². The molecule has 0 aliphatic heterocycles. The van der Waals surface area contributed by atoms with Crippen molar-refractivity contribution in [3.05, 3.63) is 167 Å². The third-order valence-corrected chi connectivity index (χ3v) is 10.6. The summed E-state index contributed by atoms with van der Waals surface area (Å²) in [5.74, 6) is -2.51. The normalized spacial score (nSPS) is 22.2. The van der Waals surface area contributed by atoms with Crippen LogP contribution in [-0.4, -0.2) is 19.6 Å². The molecule has 6 aromatic carbocycles. The molecule has 0 aliphatic rings. The molecule has 0 atom stereocenters. The van der Waals surface area contributed by atoms with Crippen LogP contribution >= 0.6 is 0 Å². The fourth-order valence-corrected chi connectivity index (χ4v) is 7.34. The minimum atomic E-state index is -4.39. The van der Waals surface area contributed by atoms with Crippen molar-refractivity contribution in [2.75, 3.05) is 0 Å². The number of hydrogen-bond donors (Lipinski definition) is 1. The van der Waals surface area contributed by atoms with Crippen LogP contribution < -0.4 is 0 Å². The van der Waals surface area contributed by atoms with Gasteiger partial charge < -0.3 is 5.11 Å². The summed E-state index contributed by atoms with van der Waals surface area (Å²) in [6.45, 7) is -35.0. The molecule has 2 aromatic heterocycles. The molecule has 8 aromatic rings. The van der Waals surface area contributed by atoms with Gasteiger partial charge in [-0.25, -0.2) is 4.98 Å². The Labute approximate surface area is 443 Å². The van der Waals surface area contributed by atoms with E-state index in [9.17, 15) is 5.11 Å². The van der Waals surface area contributed by atoms with Crippen molar-refractivity contribution in [1.82, 2.24) is 14.5 Å². The van der Waals surface area contributed by atoms with Crippen LogP contribution in [0.1, 0.15) is 157 Å². The van der Waals surface area contributed by atoms with Crippen molar-refractivity contribution in [1.29, 1.82) is 0 Å². The standard InChI is InChI=1S/C59H62N3O.Pt/c1-37-22-24-38(25-23-37)40-28-29-60-50(33-40)42-30-41(31-44(32-42)57(5,6)7)46-20-17-21-52-53(46)61-55(48-35-45(58(8,9)10)36-49(54(48)63)59(11,12)13)62(52)51-27-26-43(56(2,3)4)34-47(51)39-18-15-14-16-19-39;/h14-29,31-36,63H,1-13H3;/q-1;/i1D3,2D3,3D3,4D3,8D3,9D3,10D3,11D3,12D3,13D3,22D,23D,24D,25D;. The molecule has 0 saturated heterocycles. The number of fused-ring (bicyclic) bond motifs is 1. The first-order valence-electron chi connectivity index (χ1n) is 36.5. The van der Waals surface area contributed by atoms with Gasteiger partial charge in [0, 0.05) is 85.2 Å². The van der Waals surface area contributed by atoms with Gasteiger partial charge in [-0.05, 0) is 86.7 Å². The van der Waals surface area contributed by atoms with E-state index in [1.54, 1.807) is 12.1 Å². The second-order valence-corrected chi connectivity index (χ2v) is 16.3. The number of pyridine rings is 1. The van der Waals surface area contributed by atoms with Crippen LogP contribution in [0.5, 0.6) is 5.75 Å². The Morgan fingerprint density at radius 1 is 0.594 bits per heavy atom. The van der Waals surface area contributed by atoms with E-state index < -0.39 is 154 Å². The van der Waals surface area contributed by atoms with Crippen LogP contribution in [-0.2, 0) is 42.7 Å². The number of nitrogens with zero attached hydrogens (tertiary/aromatic N) is 3. The monoisotopic (exact) mass is 1060 g/mol. The van der Waals surface area contributed by atoms with E-state index in [1.807, 2.05) is 20.8 Å². The fraction of sp³-hybridized carbons (Fsp3) is 0.288. The van der Waals surface area contributed by atoms with E-state index in [0.29, 0.717) is 11.6 Å². The van der Waals surface area contributed by atoms with Crippen LogP contribution in [0.3, 0.4) is 0 Å². The molecule has 5 heteroatoms. The second kappa shape index (κ2) is 17.1. The number of imidazole rings is 1. The molecule has 64 heavy (non-hydrogen) atoms. The molecule has 8 rings (SSSR count). The molecule has 0 fully saturated rings. The van der Waals surface area contributed by atoms with Crippen molar-refractivity contribution >= 4 is 11.0 Å². The van der Waals surface area contributed by atoms with Gasteiger partial charge >= 0.3 is 0 Å². The van der Waals surface area contributed by atoms with Crippen LogP contribution in [0.4, 0.5) is 0 Å². The van der Waals surface area contributed by atoms with Crippen LogP contribution in [0.15, 0.2) is 133 Å². The maximum absolute atomic E-state index is 13.2. The van der Waals surface area contributed by atoms with Gasteiger partial charge in [-0.1, -0.05) is 184 Å². The Balaban J connectivity index is 0.0000135. The predicted molar refractivity (Wildman–Crippen MR) is 266 cm³/mol. The third kappa shape index (κ3) is 9.18. The molecule has 0 aliphatic carbocycles. The van der Waals surface area contributed by atoms with Crippen molar-refractivity contribution in [2.24, 2.45) is 0 Å². The number of para-hydroxylation sites is 1. The van der Waals surface area contributed by atoms with Gasteiger partial charge in [0.15, 0.2) is 0 Å². The van der Waals surface area contributed by atoms with Gasteiger partial charge in [-0.3, -0.25) is 9.55 Å². The van der Waals surface area contributed by atoms with Gasteiger partial charge in [0.1, 0.15) is 11.6 Å². The zero-order valence-electron chi connectivity index (χ0n) is 68.5. The Morgan fingerprint density at radius 2 is 1.27 bits per heavy atom. The van der Waals surface area contributed by atoms with Gasteiger partial charge in [-0.2, -0.15) is 0 Å². The molecular formula is C59H62N3OPt-. The van der Waals surface area contributed by atoms with E-state index in [0.717, 1.165) is 22.8 Å². The molecular weight excluding hydrogens is 962 g/mol. The van der Waals surface area contributed by atoms with E-state index in [4.69, 9.17) is 51.6 Å². The van der Waals surface area contributed by atoms with E-state index in [2.05, 4.69) is 11.1 Å². The van der Waals surface area contributed by atoms with Crippen LogP contribution in [0.25, 0.3) is 72.7 Å². The molecule has 0 saturated carbocycles. The summed E-state index contributed by atoms with van der Waals surface area (Å²) in [5.41, 5.74) is -19.4. The zero-order valence-corrected chi connectivity index (χ0v) is 36.8. The average molecular weight is 1060 g/mol. The third-order valence-electron chi connectivity index (χ3n) is 10.6. The van der Waals surface area contributed by atoms with Gasteiger partial charge in [0.25, 0.3) is 0 Å². The van der Waals surface area contributed by atoms with Crippen LogP contribution in [0.2, 0.25) is 0 Å². The Bertz CT molecular complexity index is 4220. The van der Waals surface area contributed by atoms with Crippen LogP contribution in [0, 0.1) is 12.9 Å². The quantitative estimate of drug-likeness (QED) is 0.169. The maximum atomic E-state index is 13.2. The minimum absolute atomic E-state index is 0. The largest absolute Gasteiger partial charge is 0.507 e. The van der Waals surface area contributed by atoms with E-state index >= 15 is 0 Å². The summed E-state index contributed by atoms with van der Waals surface area (Å²) >= 11 is 0. The van der Waals surface area contributed by atoms with Crippen molar-refractivity contribution in [2.45, 2.75) is 111 Å². The molecule has 0 amide bonds. The number of rotatable bonds is 6. The Kier molecular flexibility index (Phi) is 5.31. The van der Waals surface area contributed by atoms with Crippen molar-refractivity contribution in [3.63, 3.8) is 0 Å². The van der Waals surface area contributed by atoms with Gasteiger partial charge in [0.2, 0.25) is 0 Å². The molecule has 1 N–H and O–H groups in total. The number of aromatic hydroxyl groups is 1.